The number of aliphatic hydroxyl groups is 4. The Labute approximate surface area is 272 Å². The molecule has 4 N–H and O–H groups in total. The van der Waals surface area contributed by atoms with Gasteiger partial charge in [-0.25, -0.2) is 0 Å². The third-order valence-corrected chi connectivity index (χ3v) is 7.04. The van der Waals surface area contributed by atoms with Crippen molar-refractivity contribution in [2.45, 2.75) is 141 Å². The average Bonchev–Trinajstić information content (AvgIpc) is 3.00. The Hall–Kier alpha value is -2.52. The van der Waals surface area contributed by atoms with Crippen molar-refractivity contribution in [3.05, 3.63) is 60.8 Å². The normalized spacial score (nSPS) is 15.2. The van der Waals surface area contributed by atoms with E-state index in [0.717, 1.165) is 31.6 Å². The van der Waals surface area contributed by atoms with Crippen molar-refractivity contribution >= 4 is 11.9 Å². The van der Waals surface area contributed by atoms with E-state index in [1.54, 1.807) is 42.5 Å². The van der Waals surface area contributed by atoms with Crippen LogP contribution in [0, 0.1) is 5.92 Å². The van der Waals surface area contributed by atoms with Gasteiger partial charge in [0.05, 0.1) is 18.3 Å². The fourth-order valence-electron chi connectivity index (χ4n) is 4.32. The summed E-state index contributed by atoms with van der Waals surface area (Å²) in [4.78, 5) is 23.8. The van der Waals surface area contributed by atoms with Gasteiger partial charge in [0, 0.05) is 12.8 Å². The quantitative estimate of drug-likeness (QED) is 0.0319. The van der Waals surface area contributed by atoms with Gasteiger partial charge in [0.15, 0.2) is 0 Å². The van der Waals surface area contributed by atoms with Crippen molar-refractivity contribution in [2.24, 2.45) is 5.92 Å². The van der Waals surface area contributed by atoms with Crippen molar-refractivity contribution in [2.75, 3.05) is 13.2 Å². The third-order valence-electron chi connectivity index (χ3n) is 7.04. The van der Waals surface area contributed by atoms with Crippen LogP contribution in [0.25, 0.3) is 0 Å². The lowest BCUT2D eigenvalue weighted by molar-refractivity contribution is -0.152. The number of esters is 2. The molecule has 0 saturated heterocycles. The highest BCUT2D eigenvalue weighted by Crippen LogP contribution is 2.13. The molecule has 0 aromatic carbocycles. The zero-order valence-corrected chi connectivity index (χ0v) is 28.1. The monoisotopic (exact) mass is 634 g/mol. The van der Waals surface area contributed by atoms with E-state index in [1.165, 1.54) is 44.6 Å². The van der Waals surface area contributed by atoms with Crippen LogP contribution >= 0.6 is 0 Å². The number of carbonyl (C=O) groups is 2. The van der Waals surface area contributed by atoms with E-state index in [2.05, 4.69) is 13.8 Å². The van der Waals surface area contributed by atoms with Gasteiger partial charge in [-0.3, -0.25) is 9.59 Å². The van der Waals surface area contributed by atoms with Gasteiger partial charge in [-0.2, -0.15) is 0 Å². The lowest BCUT2D eigenvalue weighted by atomic mass is 10.0. The molecule has 0 aliphatic heterocycles. The number of carbonyl (C=O) groups excluding carboxylic acids is 2. The molecule has 0 aromatic rings. The van der Waals surface area contributed by atoms with Gasteiger partial charge in [-0.05, 0) is 38.0 Å². The van der Waals surface area contributed by atoms with E-state index in [4.69, 9.17) is 9.47 Å². The van der Waals surface area contributed by atoms with Gasteiger partial charge < -0.3 is 29.9 Å². The number of unbranched alkanes of at least 4 members (excludes halogenated alkanes) is 7. The number of aliphatic hydroxyl groups excluding tert-OH is 4. The smallest absolute Gasteiger partial charge is 0.305 e. The first-order chi connectivity index (χ1) is 21.6. The van der Waals surface area contributed by atoms with Gasteiger partial charge >= 0.3 is 11.9 Å². The minimum absolute atomic E-state index is 0.0275. The van der Waals surface area contributed by atoms with E-state index < -0.39 is 30.4 Å². The van der Waals surface area contributed by atoms with Gasteiger partial charge in [0.1, 0.15) is 19.3 Å². The molecule has 0 amide bonds. The predicted molar refractivity (Wildman–Crippen MR) is 181 cm³/mol. The van der Waals surface area contributed by atoms with Gasteiger partial charge in [0.2, 0.25) is 0 Å². The summed E-state index contributed by atoms with van der Waals surface area (Å²) in [5.41, 5.74) is 0. The summed E-state index contributed by atoms with van der Waals surface area (Å²) in [7, 11) is 0. The predicted octanol–water partition coefficient (Wildman–Crippen LogP) is 6.82. The first kappa shape index (κ1) is 42.5. The van der Waals surface area contributed by atoms with Crippen LogP contribution in [-0.4, -0.2) is 70.0 Å². The Balaban J connectivity index is 3.88. The minimum atomic E-state index is -1.09. The van der Waals surface area contributed by atoms with Crippen LogP contribution in [0.2, 0.25) is 0 Å². The highest BCUT2D eigenvalue weighted by atomic mass is 16.6. The zero-order chi connectivity index (χ0) is 33.5. The summed E-state index contributed by atoms with van der Waals surface area (Å²) < 4.78 is 10.1. The molecule has 0 aliphatic rings. The summed E-state index contributed by atoms with van der Waals surface area (Å²) in [5.74, 6) is -0.112. The summed E-state index contributed by atoms with van der Waals surface area (Å²) in [6, 6.07) is 0. The molecule has 0 heterocycles. The van der Waals surface area contributed by atoms with Gasteiger partial charge in [-0.1, -0.05) is 133 Å². The molecule has 0 rings (SSSR count). The highest BCUT2D eigenvalue weighted by molar-refractivity contribution is 5.69. The Morgan fingerprint density at radius 2 is 1.13 bits per heavy atom. The molecule has 0 saturated carbocycles. The molecule has 4 atom stereocenters. The summed E-state index contributed by atoms with van der Waals surface area (Å²) in [6.07, 6.45) is 26.7. The Bertz CT molecular complexity index is 874. The number of hydrogen-bond donors (Lipinski definition) is 4. The second-order valence-electron chi connectivity index (χ2n) is 12.0. The Morgan fingerprint density at radius 1 is 0.622 bits per heavy atom. The molecule has 0 radical (unpaired) electrons. The topological polar surface area (TPSA) is 134 Å². The maximum Gasteiger partial charge on any atom is 0.305 e. The van der Waals surface area contributed by atoms with E-state index in [1.807, 2.05) is 19.1 Å². The maximum absolute atomic E-state index is 11.9. The Morgan fingerprint density at radius 3 is 1.71 bits per heavy atom. The fourth-order valence-corrected chi connectivity index (χ4v) is 4.32. The van der Waals surface area contributed by atoms with E-state index >= 15 is 0 Å². The number of hydrogen-bond acceptors (Lipinski definition) is 8. The maximum atomic E-state index is 11.9. The molecule has 0 fully saturated rings. The third kappa shape index (κ3) is 29.9. The van der Waals surface area contributed by atoms with Crippen LogP contribution in [0.4, 0.5) is 0 Å². The molecule has 8 nitrogen and oxygen atoms in total. The van der Waals surface area contributed by atoms with E-state index in [0.29, 0.717) is 19.3 Å². The average molecular weight is 635 g/mol. The molecule has 0 spiro atoms. The largest absolute Gasteiger partial charge is 0.463 e. The molecule has 45 heavy (non-hydrogen) atoms. The summed E-state index contributed by atoms with van der Waals surface area (Å²) >= 11 is 0. The lowest BCUT2D eigenvalue weighted by Gasteiger charge is -2.14. The lowest BCUT2D eigenvalue weighted by Crippen LogP contribution is -2.26. The molecule has 8 heteroatoms. The van der Waals surface area contributed by atoms with Crippen LogP contribution in [0.3, 0.4) is 0 Å². The summed E-state index contributed by atoms with van der Waals surface area (Å²) in [6.45, 7) is 6.07. The number of rotatable bonds is 28. The van der Waals surface area contributed by atoms with Crippen LogP contribution in [0.15, 0.2) is 60.8 Å². The van der Waals surface area contributed by atoms with Crippen LogP contribution < -0.4 is 0 Å². The first-order valence-corrected chi connectivity index (χ1v) is 17.0. The standard InChI is InChI=1S/C37H62O8/c1-4-5-16-23-32(38)24-18-13-10-11-14-19-25-34(40)35(41)26-21-28-37(43)45-30-33(39)29-44-36(42)27-20-15-9-7-6-8-12-17-22-31(2)3/h5,10-11,13-14,16,18-19,24-25,31-35,38-41H,4,6-9,12,15,17,20-23,26-30H2,1-3H3/b13-10+,14-11-,16-5-,24-18+,25-19-/t32-,33+,34+,35+/m1/s1. The van der Waals surface area contributed by atoms with E-state index in [9.17, 15) is 30.0 Å². The molecule has 0 aromatic heterocycles. The molecule has 0 bridgehead atoms. The van der Waals surface area contributed by atoms with Crippen molar-refractivity contribution < 1.29 is 39.5 Å². The molecule has 0 aliphatic carbocycles. The van der Waals surface area contributed by atoms with Crippen LogP contribution in [-0.2, 0) is 19.1 Å². The van der Waals surface area contributed by atoms with Crippen LogP contribution in [0.1, 0.15) is 117 Å². The molecular formula is C37H62O8. The number of ether oxygens (including phenoxy) is 2. The van der Waals surface area contributed by atoms with Gasteiger partial charge in [0.25, 0.3) is 0 Å². The SMILES string of the molecule is CC/C=C\C[C@@H](O)/C=C/C=C/C=C\C=C/[C@H](O)[C@@H](O)CCCC(=O)OC[C@@H](O)COC(=O)CCCCCCCCCCC(C)C. The van der Waals surface area contributed by atoms with Crippen molar-refractivity contribution in [1.82, 2.24) is 0 Å². The van der Waals surface area contributed by atoms with E-state index in [-0.39, 0.29) is 32.0 Å². The molecular weight excluding hydrogens is 572 g/mol. The van der Waals surface area contributed by atoms with Crippen molar-refractivity contribution in [3.8, 4) is 0 Å². The Kier molecular flexibility index (Phi) is 28.5. The molecule has 258 valence electrons. The van der Waals surface area contributed by atoms with Crippen molar-refractivity contribution in [1.29, 1.82) is 0 Å². The summed E-state index contributed by atoms with van der Waals surface area (Å²) in [5, 5.41) is 39.9. The number of allylic oxidation sites excluding steroid dienone is 7. The second-order valence-corrected chi connectivity index (χ2v) is 12.0. The first-order valence-electron chi connectivity index (χ1n) is 17.0. The molecule has 0 unspecified atom stereocenters. The van der Waals surface area contributed by atoms with Crippen molar-refractivity contribution in [3.63, 3.8) is 0 Å². The van der Waals surface area contributed by atoms with Crippen LogP contribution in [0.5, 0.6) is 0 Å². The highest BCUT2D eigenvalue weighted by Gasteiger charge is 2.15. The second kappa shape index (κ2) is 30.2. The zero-order valence-electron chi connectivity index (χ0n) is 28.1. The fraction of sp³-hybridized carbons (Fsp3) is 0.676. The van der Waals surface area contributed by atoms with Gasteiger partial charge in [-0.15, -0.1) is 0 Å². The minimum Gasteiger partial charge on any atom is -0.463 e.